The molecule has 2 heterocycles. The SMILES string of the molecule is Cc1ccc(C(=O)N2CCC(O)(c3ccccc3)C3CCCCC32)c(O)n1. The van der Waals surface area contributed by atoms with Gasteiger partial charge in [-0.05, 0) is 43.9 Å². The van der Waals surface area contributed by atoms with Gasteiger partial charge < -0.3 is 15.1 Å². The van der Waals surface area contributed by atoms with Crippen molar-refractivity contribution in [3.8, 4) is 5.88 Å². The fourth-order valence-corrected chi connectivity index (χ4v) is 4.89. The number of aromatic nitrogens is 1. The van der Waals surface area contributed by atoms with E-state index in [-0.39, 0.29) is 29.3 Å². The van der Waals surface area contributed by atoms with Crippen LogP contribution in [-0.2, 0) is 5.60 Å². The number of fused-ring (bicyclic) bond motifs is 1. The van der Waals surface area contributed by atoms with Crippen molar-refractivity contribution >= 4 is 5.91 Å². The van der Waals surface area contributed by atoms with Crippen molar-refractivity contribution in [2.45, 2.75) is 50.7 Å². The van der Waals surface area contributed by atoms with Gasteiger partial charge in [-0.25, -0.2) is 4.98 Å². The summed E-state index contributed by atoms with van der Waals surface area (Å²) in [5.41, 5.74) is 0.956. The molecule has 2 aliphatic rings. The number of aryl methyl sites for hydroxylation is 1. The van der Waals surface area contributed by atoms with Gasteiger partial charge in [-0.1, -0.05) is 43.2 Å². The summed E-state index contributed by atoms with van der Waals surface area (Å²) in [6, 6.07) is 13.2. The summed E-state index contributed by atoms with van der Waals surface area (Å²) in [6.45, 7) is 2.25. The van der Waals surface area contributed by atoms with E-state index in [0.29, 0.717) is 18.7 Å². The Labute approximate surface area is 159 Å². The van der Waals surface area contributed by atoms with Crippen molar-refractivity contribution in [2.75, 3.05) is 6.54 Å². The first-order chi connectivity index (χ1) is 13.0. The van der Waals surface area contributed by atoms with E-state index in [1.165, 1.54) is 0 Å². The van der Waals surface area contributed by atoms with Crippen LogP contribution in [0.4, 0.5) is 0 Å². The molecule has 0 spiro atoms. The summed E-state index contributed by atoms with van der Waals surface area (Å²) >= 11 is 0. The molecule has 2 N–H and O–H groups in total. The number of hydrogen-bond donors (Lipinski definition) is 2. The molecule has 0 radical (unpaired) electrons. The lowest BCUT2D eigenvalue weighted by atomic mass is 9.66. The molecule has 27 heavy (non-hydrogen) atoms. The van der Waals surface area contributed by atoms with E-state index in [0.717, 1.165) is 31.2 Å². The highest BCUT2D eigenvalue weighted by molar-refractivity contribution is 5.96. The second-order valence-corrected chi connectivity index (χ2v) is 7.82. The highest BCUT2D eigenvalue weighted by Crippen LogP contribution is 2.47. The molecule has 1 saturated carbocycles. The van der Waals surface area contributed by atoms with Gasteiger partial charge in [0, 0.05) is 24.2 Å². The molecule has 4 rings (SSSR count). The Morgan fingerprint density at radius 1 is 1.15 bits per heavy atom. The van der Waals surface area contributed by atoms with Crippen molar-refractivity contribution in [1.29, 1.82) is 0 Å². The minimum absolute atomic E-state index is 0.00639. The summed E-state index contributed by atoms with van der Waals surface area (Å²) < 4.78 is 0. The van der Waals surface area contributed by atoms with Gasteiger partial charge in [-0.3, -0.25) is 4.79 Å². The zero-order valence-electron chi connectivity index (χ0n) is 15.6. The Hall–Kier alpha value is -2.40. The maximum Gasteiger partial charge on any atom is 0.259 e. The Morgan fingerprint density at radius 3 is 2.63 bits per heavy atom. The van der Waals surface area contributed by atoms with Crippen LogP contribution in [0.1, 0.15) is 53.7 Å². The van der Waals surface area contributed by atoms with Gasteiger partial charge in [-0.15, -0.1) is 0 Å². The fourth-order valence-electron chi connectivity index (χ4n) is 4.89. The number of carbonyl (C=O) groups excluding carboxylic acids is 1. The normalized spacial score (nSPS) is 27.9. The average Bonchev–Trinajstić information content (AvgIpc) is 2.69. The third kappa shape index (κ3) is 3.10. The fraction of sp³-hybridized carbons (Fsp3) is 0.455. The van der Waals surface area contributed by atoms with E-state index in [9.17, 15) is 15.0 Å². The predicted molar refractivity (Wildman–Crippen MR) is 102 cm³/mol. The van der Waals surface area contributed by atoms with Gasteiger partial charge in [0.05, 0.1) is 5.60 Å². The number of pyridine rings is 1. The molecule has 1 aromatic carbocycles. The first-order valence-corrected chi connectivity index (χ1v) is 9.76. The molecule has 1 aromatic heterocycles. The molecule has 1 aliphatic heterocycles. The molecule has 142 valence electrons. The molecule has 3 atom stereocenters. The molecule has 3 unspecified atom stereocenters. The number of nitrogens with zero attached hydrogens (tertiary/aromatic N) is 2. The first kappa shape index (κ1) is 18.0. The Kier molecular flexibility index (Phi) is 4.64. The number of piperidine rings is 1. The van der Waals surface area contributed by atoms with Crippen LogP contribution in [0.15, 0.2) is 42.5 Å². The molecular weight excluding hydrogens is 340 g/mol. The Bertz CT molecular complexity index is 839. The smallest absolute Gasteiger partial charge is 0.259 e. The van der Waals surface area contributed by atoms with Gasteiger partial charge in [0.1, 0.15) is 5.56 Å². The van der Waals surface area contributed by atoms with Crippen molar-refractivity contribution in [1.82, 2.24) is 9.88 Å². The van der Waals surface area contributed by atoms with Crippen LogP contribution in [0, 0.1) is 12.8 Å². The van der Waals surface area contributed by atoms with Gasteiger partial charge in [0.25, 0.3) is 5.91 Å². The van der Waals surface area contributed by atoms with Crippen molar-refractivity contribution in [3.05, 3.63) is 59.3 Å². The lowest BCUT2D eigenvalue weighted by Gasteiger charge is -2.52. The van der Waals surface area contributed by atoms with E-state index in [2.05, 4.69) is 4.98 Å². The van der Waals surface area contributed by atoms with Crippen molar-refractivity contribution < 1.29 is 15.0 Å². The van der Waals surface area contributed by atoms with E-state index in [1.54, 1.807) is 19.1 Å². The summed E-state index contributed by atoms with van der Waals surface area (Å²) in [5.74, 6) is -0.393. The quantitative estimate of drug-likeness (QED) is 0.854. The molecule has 5 heteroatoms. The number of aliphatic hydroxyl groups is 1. The number of amides is 1. The minimum Gasteiger partial charge on any atom is -0.493 e. The topological polar surface area (TPSA) is 73.7 Å². The highest BCUT2D eigenvalue weighted by Gasteiger charge is 2.50. The monoisotopic (exact) mass is 366 g/mol. The summed E-state index contributed by atoms with van der Waals surface area (Å²) in [6.07, 6.45) is 4.40. The lowest BCUT2D eigenvalue weighted by Crippen LogP contribution is -2.59. The van der Waals surface area contributed by atoms with Gasteiger partial charge in [-0.2, -0.15) is 0 Å². The third-order valence-corrected chi connectivity index (χ3v) is 6.26. The highest BCUT2D eigenvalue weighted by atomic mass is 16.3. The second kappa shape index (κ2) is 6.97. The third-order valence-electron chi connectivity index (χ3n) is 6.26. The minimum atomic E-state index is -0.906. The Balaban J connectivity index is 1.66. The van der Waals surface area contributed by atoms with Crippen molar-refractivity contribution in [2.24, 2.45) is 5.92 Å². The number of benzene rings is 1. The van der Waals surface area contributed by atoms with Crippen LogP contribution in [0.5, 0.6) is 5.88 Å². The van der Waals surface area contributed by atoms with Crippen LogP contribution >= 0.6 is 0 Å². The van der Waals surface area contributed by atoms with E-state index >= 15 is 0 Å². The summed E-state index contributed by atoms with van der Waals surface area (Å²) in [7, 11) is 0. The lowest BCUT2D eigenvalue weighted by molar-refractivity contribution is -0.110. The largest absolute Gasteiger partial charge is 0.493 e. The van der Waals surface area contributed by atoms with E-state index in [4.69, 9.17) is 0 Å². The predicted octanol–water partition coefficient (Wildman–Crippen LogP) is 3.39. The molecule has 5 nitrogen and oxygen atoms in total. The first-order valence-electron chi connectivity index (χ1n) is 9.76. The molecule has 1 aliphatic carbocycles. The molecular formula is C22H26N2O3. The average molecular weight is 366 g/mol. The van der Waals surface area contributed by atoms with Crippen molar-refractivity contribution in [3.63, 3.8) is 0 Å². The maximum absolute atomic E-state index is 13.2. The maximum atomic E-state index is 13.2. The standard InChI is InChI=1S/C22H26N2O3/c1-15-11-12-17(20(25)23-15)21(26)24-14-13-22(27,16-7-3-2-4-8-16)18-9-5-6-10-19(18)24/h2-4,7-8,11-12,18-19,27H,5-6,9-10,13-14H2,1H3,(H,23,25). The van der Waals surface area contributed by atoms with Gasteiger partial charge in [0.15, 0.2) is 0 Å². The van der Waals surface area contributed by atoms with Crippen LogP contribution in [0.2, 0.25) is 0 Å². The number of aromatic hydroxyl groups is 1. The summed E-state index contributed by atoms with van der Waals surface area (Å²) in [4.78, 5) is 19.1. The summed E-state index contributed by atoms with van der Waals surface area (Å²) in [5, 5.41) is 21.8. The molecule has 0 bridgehead atoms. The number of hydrogen-bond acceptors (Lipinski definition) is 4. The van der Waals surface area contributed by atoms with E-state index < -0.39 is 5.60 Å². The van der Waals surface area contributed by atoms with Crippen LogP contribution in [0.3, 0.4) is 0 Å². The molecule has 1 amide bonds. The van der Waals surface area contributed by atoms with Gasteiger partial charge in [0.2, 0.25) is 5.88 Å². The Morgan fingerprint density at radius 2 is 1.89 bits per heavy atom. The zero-order valence-corrected chi connectivity index (χ0v) is 15.6. The zero-order chi connectivity index (χ0) is 19.0. The van der Waals surface area contributed by atoms with Crippen LogP contribution < -0.4 is 0 Å². The van der Waals surface area contributed by atoms with Gasteiger partial charge >= 0.3 is 0 Å². The van der Waals surface area contributed by atoms with Crippen LogP contribution in [0.25, 0.3) is 0 Å². The molecule has 1 saturated heterocycles. The number of likely N-dealkylation sites (tertiary alicyclic amines) is 1. The second-order valence-electron chi connectivity index (χ2n) is 7.82. The number of rotatable bonds is 2. The van der Waals surface area contributed by atoms with E-state index in [1.807, 2.05) is 35.2 Å². The molecule has 2 fully saturated rings. The number of carbonyl (C=O) groups is 1. The van der Waals surface area contributed by atoms with Crippen LogP contribution in [-0.4, -0.2) is 38.6 Å². The molecule has 2 aromatic rings.